The highest BCUT2D eigenvalue weighted by Gasteiger charge is 2.35. The van der Waals surface area contributed by atoms with Crippen LogP contribution in [-0.2, 0) is 15.0 Å². The van der Waals surface area contributed by atoms with Crippen LogP contribution in [0.2, 0.25) is 0 Å². The van der Waals surface area contributed by atoms with Crippen molar-refractivity contribution in [2.24, 2.45) is 0 Å². The molecule has 1 saturated carbocycles. The van der Waals surface area contributed by atoms with Gasteiger partial charge in [-0.1, -0.05) is 13.8 Å². The summed E-state index contributed by atoms with van der Waals surface area (Å²) in [7, 11) is -3.41. The first kappa shape index (κ1) is 15.4. The van der Waals surface area contributed by atoms with E-state index in [0.717, 1.165) is 0 Å². The lowest BCUT2D eigenvalue weighted by Crippen LogP contribution is -2.56. The number of hydrogen-bond donors (Lipinski definition) is 3. The number of nitrogens with one attached hydrogen (secondary N) is 2. The number of hydrogen-bond acceptors (Lipinski definition) is 4. The lowest BCUT2D eigenvalue weighted by Gasteiger charge is -2.41. The van der Waals surface area contributed by atoms with E-state index in [1.54, 1.807) is 6.92 Å². The van der Waals surface area contributed by atoms with Crippen molar-refractivity contribution in [2.45, 2.75) is 38.8 Å². The van der Waals surface area contributed by atoms with Gasteiger partial charge in [0.2, 0.25) is 0 Å². The molecule has 8 heteroatoms. The number of nitrogens with zero attached hydrogens (tertiary/aromatic N) is 1. The van der Waals surface area contributed by atoms with Crippen LogP contribution in [0.1, 0.15) is 26.7 Å². The summed E-state index contributed by atoms with van der Waals surface area (Å²) in [6, 6.07) is 0.0577. The maximum atomic E-state index is 11.4. The zero-order chi connectivity index (χ0) is 13.8. The molecule has 7 nitrogen and oxygen atoms in total. The van der Waals surface area contributed by atoms with Crippen molar-refractivity contribution < 1.29 is 18.3 Å². The van der Waals surface area contributed by atoms with Crippen LogP contribution in [0.5, 0.6) is 0 Å². The highest BCUT2D eigenvalue weighted by atomic mass is 32.2. The van der Waals surface area contributed by atoms with E-state index in [1.165, 1.54) is 0 Å². The average Bonchev–Trinajstić information content (AvgIpc) is 2.19. The molecule has 0 amide bonds. The lowest BCUT2D eigenvalue weighted by molar-refractivity contribution is -0.139. The van der Waals surface area contributed by atoms with Crippen LogP contribution in [0.3, 0.4) is 0 Å². The molecule has 18 heavy (non-hydrogen) atoms. The number of aliphatic carboxylic acids is 1. The third kappa shape index (κ3) is 4.52. The Balaban J connectivity index is 2.37. The minimum atomic E-state index is -3.41. The summed E-state index contributed by atoms with van der Waals surface area (Å²) in [4.78, 5) is 12.5. The monoisotopic (exact) mass is 279 g/mol. The molecular formula is C10H21N3O4S. The Hall–Kier alpha value is -0.700. The maximum Gasteiger partial charge on any atom is 0.317 e. The molecule has 0 heterocycles. The van der Waals surface area contributed by atoms with E-state index in [4.69, 9.17) is 5.11 Å². The molecule has 0 spiro atoms. The third-order valence-electron chi connectivity index (χ3n) is 3.03. The normalized spacial score (nSPS) is 23.9. The first-order valence-electron chi connectivity index (χ1n) is 6.10. The Bertz CT molecular complexity index is 379. The molecular weight excluding hydrogens is 258 g/mol. The molecule has 0 aromatic carbocycles. The minimum Gasteiger partial charge on any atom is -0.480 e. The molecule has 0 atom stereocenters. The Morgan fingerprint density at radius 3 is 2.44 bits per heavy atom. The minimum absolute atomic E-state index is 0.00778. The number of carbonyl (C=O) groups is 1. The van der Waals surface area contributed by atoms with Crippen LogP contribution in [0, 0.1) is 0 Å². The van der Waals surface area contributed by atoms with Gasteiger partial charge in [0.25, 0.3) is 10.2 Å². The molecule has 1 fully saturated rings. The van der Waals surface area contributed by atoms with Crippen LogP contribution < -0.4 is 9.44 Å². The van der Waals surface area contributed by atoms with Crippen molar-refractivity contribution in [3.8, 4) is 0 Å². The summed E-state index contributed by atoms with van der Waals surface area (Å²) >= 11 is 0. The summed E-state index contributed by atoms with van der Waals surface area (Å²) in [6.45, 7) is 4.64. The van der Waals surface area contributed by atoms with Crippen molar-refractivity contribution in [1.29, 1.82) is 0 Å². The molecule has 0 aromatic heterocycles. The average molecular weight is 279 g/mol. The number of carboxylic acids is 1. The van der Waals surface area contributed by atoms with E-state index in [1.807, 2.05) is 11.8 Å². The van der Waals surface area contributed by atoms with Crippen molar-refractivity contribution >= 4 is 16.2 Å². The summed E-state index contributed by atoms with van der Waals surface area (Å²) in [6.07, 6.45) is 1.32. The van der Waals surface area contributed by atoms with Crippen LogP contribution >= 0.6 is 0 Å². The Labute approximate surface area is 108 Å². The molecule has 0 unspecified atom stereocenters. The Kier molecular flexibility index (Phi) is 5.51. The van der Waals surface area contributed by atoms with E-state index in [0.29, 0.717) is 25.9 Å². The molecule has 0 aromatic rings. The van der Waals surface area contributed by atoms with E-state index in [-0.39, 0.29) is 18.6 Å². The van der Waals surface area contributed by atoms with Gasteiger partial charge in [-0.2, -0.15) is 13.1 Å². The van der Waals surface area contributed by atoms with E-state index in [9.17, 15) is 13.2 Å². The summed E-state index contributed by atoms with van der Waals surface area (Å²) < 4.78 is 27.8. The summed E-state index contributed by atoms with van der Waals surface area (Å²) in [5, 5.41) is 8.74. The zero-order valence-corrected chi connectivity index (χ0v) is 11.5. The smallest absolute Gasteiger partial charge is 0.317 e. The SMILES string of the molecule is CCNS(=O)(=O)NC1CC(N(CC)CC(=O)O)C1. The quantitative estimate of drug-likeness (QED) is 0.549. The molecule has 1 rings (SSSR count). The molecule has 3 N–H and O–H groups in total. The molecule has 1 aliphatic rings. The fraction of sp³-hybridized carbons (Fsp3) is 0.900. The first-order chi connectivity index (χ1) is 8.38. The van der Waals surface area contributed by atoms with Gasteiger partial charge in [0, 0.05) is 18.6 Å². The predicted molar refractivity (Wildman–Crippen MR) is 67.4 cm³/mol. The van der Waals surface area contributed by atoms with Gasteiger partial charge in [0.1, 0.15) is 0 Å². The van der Waals surface area contributed by atoms with Gasteiger partial charge in [-0.05, 0) is 19.4 Å². The second-order valence-electron chi connectivity index (χ2n) is 4.40. The molecule has 0 radical (unpaired) electrons. The van der Waals surface area contributed by atoms with Crippen molar-refractivity contribution in [2.75, 3.05) is 19.6 Å². The fourth-order valence-corrected chi connectivity index (χ4v) is 3.20. The second-order valence-corrected chi connectivity index (χ2v) is 5.93. The highest BCUT2D eigenvalue weighted by Crippen LogP contribution is 2.25. The van der Waals surface area contributed by atoms with Gasteiger partial charge in [0.05, 0.1) is 6.54 Å². The van der Waals surface area contributed by atoms with E-state index in [2.05, 4.69) is 9.44 Å². The number of rotatable bonds is 8. The molecule has 0 bridgehead atoms. The van der Waals surface area contributed by atoms with Gasteiger partial charge >= 0.3 is 5.97 Å². The number of carboxylic acid groups (broad SMARTS) is 1. The summed E-state index contributed by atoms with van der Waals surface area (Å²) in [5.74, 6) is -0.853. The Morgan fingerprint density at radius 2 is 2.00 bits per heavy atom. The van der Waals surface area contributed by atoms with Crippen LogP contribution in [-0.4, -0.2) is 56.1 Å². The lowest BCUT2D eigenvalue weighted by atomic mass is 9.86. The largest absolute Gasteiger partial charge is 0.480 e. The predicted octanol–water partition coefficient (Wildman–Crippen LogP) is -0.632. The van der Waals surface area contributed by atoms with E-state index >= 15 is 0 Å². The third-order valence-corrected chi connectivity index (χ3v) is 4.34. The van der Waals surface area contributed by atoms with Gasteiger partial charge < -0.3 is 5.11 Å². The second kappa shape index (κ2) is 6.46. The number of likely N-dealkylation sites (N-methyl/N-ethyl adjacent to an activating group) is 1. The topological polar surface area (TPSA) is 98.7 Å². The van der Waals surface area contributed by atoms with Crippen LogP contribution in [0.15, 0.2) is 0 Å². The van der Waals surface area contributed by atoms with Crippen molar-refractivity contribution in [1.82, 2.24) is 14.3 Å². The molecule has 106 valence electrons. The van der Waals surface area contributed by atoms with Gasteiger partial charge in [-0.3, -0.25) is 9.69 Å². The molecule has 0 aliphatic heterocycles. The molecule has 0 saturated heterocycles. The highest BCUT2D eigenvalue weighted by molar-refractivity contribution is 7.87. The molecule has 1 aliphatic carbocycles. The zero-order valence-electron chi connectivity index (χ0n) is 10.7. The van der Waals surface area contributed by atoms with E-state index < -0.39 is 16.2 Å². The van der Waals surface area contributed by atoms with Crippen molar-refractivity contribution in [3.63, 3.8) is 0 Å². The maximum absolute atomic E-state index is 11.4. The Morgan fingerprint density at radius 1 is 1.39 bits per heavy atom. The fourth-order valence-electron chi connectivity index (χ4n) is 2.11. The van der Waals surface area contributed by atoms with Crippen molar-refractivity contribution in [3.05, 3.63) is 0 Å². The first-order valence-corrected chi connectivity index (χ1v) is 7.59. The van der Waals surface area contributed by atoms with Gasteiger partial charge in [-0.15, -0.1) is 0 Å². The van der Waals surface area contributed by atoms with Crippen LogP contribution in [0.25, 0.3) is 0 Å². The standard InChI is InChI=1S/C10H21N3O4S/c1-3-11-18(16,17)12-8-5-9(6-8)13(4-2)7-10(14)15/h8-9,11-12H,3-7H2,1-2H3,(H,14,15). The van der Waals surface area contributed by atoms with Gasteiger partial charge in [-0.25, -0.2) is 4.72 Å². The van der Waals surface area contributed by atoms with Crippen LogP contribution in [0.4, 0.5) is 0 Å². The van der Waals surface area contributed by atoms with Gasteiger partial charge in [0.15, 0.2) is 0 Å². The summed E-state index contributed by atoms with van der Waals surface area (Å²) in [5.41, 5.74) is 0.